The van der Waals surface area contributed by atoms with E-state index in [1.54, 1.807) is 24.3 Å². The summed E-state index contributed by atoms with van der Waals surface area (Å²) < 4.78 is 37.0. The summed E-state index contributed by atoms with van der Waals surface area (Å²) in [6.45, 7) is 0.184. The van der Waals surface area contributed by atoms with E-state index in [0.717, 1.165) is 5.56 Å². The number of amides is 1. The fourth-order valence-electron chi connectivity index (χ4n) is 2.70. The molecule has 0 aliphatic heterocycles. The van der Waals surface area contributed by atoms with Crippen LogP contribution in [-0.4, -0.2) is 19.2 Å². The molecule has 31 heavy (non-hydrogen) atoms. The fraction of sp³-hybridized carbons (Fsp3) is 0.130. The predicted molar refractivity (Wildman–Crippen MR) is 115 cm³/mol. The van der Waals surface area contributed by atoms with Crippen LogP contribution in [0.2, 0.25) is 5.02 Å². The average molecular weight is 445 g/mol. The number of rotatable bonds is 8. The lowest BCUT2D eigenvalue weighted by Gasteiger charge is -2.13. The second-order valence-electron chi connectivity index (χ2n) is 6.55. The van der Waals surface area contributed by atoms with Crippen molar-refractivity contribution in [3.05, 3.63) is 94.0 Å². The van der Waals surface area contributed by atoms with Crippen LogP contribution in [0.4, 0.5) is 8.78 Å². The van der Waals surface area contributed by atoms with Crippen LogP contribution in [-0.2, 0) is 17.8 Å². The molecule has 3 aromatic carbocycles. The summed E-state index contributed by atoms with van der Waals surface area (Å²) in [5.41, 5.74) is 4.43. The second kappa shape index (κ2) is 10.5. The van der Waals surface area contributed by atoms with Crippen molar-refractivity contribution < 1.29 is 23.0 Å². The van der Waals surface area contributed by atoms with Crippen LogP contribution in [0.15, 0.2) is 65.8 Å². The molecule has 1 amide bonds. The van der Waals surface area contributed by atoms with Crippen molar-refractivity contribution in [1.82, 2.24) is 5.43 Å². The summed E-state index contributed by atoms with van der Waals surface area (Å²) in [6, 6.07) is 14.8. The highest BCUT2D eigenvalue weighted by Crippen LogP contribution is 2.36. The minimum atomic E-state index is -0.363. The molecule has 0 aromatic heterocycles. The molecule has 0 radical (unpaired) electrons. The van der Waals surface area contributed by atoms with Crippen LogP contribution in [0.3, 0.4) is 0 Å². The van der Waals surface area contributed by atoms with Crippen molar-refractivity contribution in [2.24, 2.45) is 5.10 Å². The highest BCUT2D eigenvalue weighted by atomic mass is 35.5. The number of methoxy groups -OCH3 is 1. The van der Waals surface area contributed by atoms with Crippen LogP contribution in [0.5, 0.6) is 11.5 Å². The molecule has 0 aliphatic rings. The lowest BCUT2D eigenvalue weighted by atomic mass is 10.1. The third-order valence-electron chi connectivity index (χ3n) is 4.23. The number of carbonyl (C=O) groups excluding carboxylic acids is 1. The molecule has 0 atom stereocenters. The first-order valence-corrected chi connectivity index (χ1v) is 9.63. The topological polar surface area (TPSA) is 59.9 Å². The Morgan fingerprint density at radius 3 is 2.26 bits per heavy atom. The number of carbonyl (C=O) groups is 1. The number of nitrogens with one attached hydrogen (secondary N) is 1. The van der Waals surface area contributed by atoms with E-state index in [0.29, 0.717) is 27.6 Å². The zero-order valence-corrected chi connectivity index (χ0v) is 17.3. The molecule has 3 aromatic rings. The minimum Gasteiger partial charge on any atom is -0.493 e. The normalized spacial score (nSPS) is 10.8. The Balaban J connectivity index is 1.62. The quantitative estimate of drug-likeness (QED) is 0.397. The molecule has 8 heteroatoms. The van der Waals surface area contributed by atoms with Crippen LogP contribution in [0.1, 0.15) is 16.7 Å². The number of hydrogen-bond donors (Lipinski definition) is 1. The van der Waals surface area contributed by atoms with Crippen molar-refractivity contribution in [1.29, 1.82) is 0 Å². The SMILES string of the molecule is COc1cc(/C=N/NC(=O)Cc2ccc(F)cc2)cc(Cl)c1OCc1ccc(F)cc1. The number of ether oxygens (including phenoxy) is 2. The van der Waals surface area contributed by atoms with Crippen LogP contribution in [0, 0.1) is 11.6 Å². The zero-order chi connectivity index (χ0) is 22.2. The largest absolute Gasteiger partial charge is 0.493 e. The third kappa shape index (κ3) is 6.52. The van der Waals surface area contributed by atoms with Gasteiger partial charge in [0.2, 0.25) is 5.91 Å². The van der Waals surface area contributed by atoms with Gasteiger partial charge in [0.05, 0.1) is 24.8 Å². The summed E-state index contributed by atoms with van der Waals surface area (Å²) in [6.07, 6.45) is 1.48. The van der Waals surface area contributed by atoms with Gasteiger partial charge in [0.1, 0.15) is 18.2 Å². The van der Waals surface area contributed by atoms with E-state index < -0.39 is 0 Å². The second-order valence-corrected chi connectivity index (χ2v) is 6.95. The van der Waals surface area contributed by atoms with Crippen molar-refractivity contribution >= 4 is 23.7 Å². The molecular weight excluding hydrogens is 426 g/mol. The molecule has 0 unspecified atom stereocenters. The molecule has 0 heterocycles. The Bertz CT molecular complexity index is 1070. The minimum absolute atomic E-state index is 0.0673. The molecule has 0 saturated carbocycles. The van der Waals surface area contributed by atoms with Crippen LogP contribution < -0.4 is 14.9 Å². The highest BCUT2D eigenvalue weighted by molar-refractivity contribution is 6.32. The van der Waals surface area contributed by atoms with Gasteiger partial charge >= 0.3 is 0 Å². The van der Waals surface area contributed by atoms with Crippen LogP contribution in [0.25, 0.3) is 0 Å². The number of nitrogens with zero attached hydrogens (tertiary/aromatic N) is 1. The standard InChI is InChI=1S/C23H19ClF2N2O3/c1-30-21-11-17(13-27-28-22(29)12-15-2-6-18(25)7-3-15)10-20(24)23(21)31-14-16-4-8-19(26)9-5-16/h2-11,13H,12,14H2,1H3,(H,28,29)/b27-13+. The molecule has 5 nitrogen and oxygen atoms in total. The van der Waals surface area contributed by atoms with Crippen molar-refractivity contribution in [2.45, 2.75) is 13.0 Å². The fourth-order valence-corrected chi connectivity index (χ4v) is 2.97. The van der Waals surface area contributed by atoms with Crippen molar-refractivity contribution in [3.8, 4) is 11.5 Å². The van der Waals surface area contributed by atoms with E-state index in [9.17, 15) is 13.6 Å². The van der Waals surface area contributed by atoms with Crippen LogP contribution >= 0.6 is 11.6 Å². The Kier molecular flexibility index (Phi) is 7.56. The van der Waals surface area contributed by atoms with Gasteiger partial charge in [0, 0.05) is 0 Å². The third-order valence-corrected chi connectivity index (χ3v) is 4.51. The van der Waals surface area contributed by atoms with Crippen molar-refractivity contribution in [3.63, 3.8) is 0 Å². The summed E-state index contributed by atoms with van der Waals surface area (Å²) in [4.78, 5) is 12.0. The monoisotopic (exact) mass is 444 g/mol. The molecule has 3 rings (SSSR count). The van der Waals surface area contributed by atoms with Gasteiger partial charge < -0.3 is 9.47 Å². The van der Waals surface area contributed by atoms with E-state index in [4.69, 9.17) is 21.1 Å². The first-order chi connectivity index (χ1) is 14.9. The smallest absolute Gasteiger partial charge is 0.244 e. The number of hydrogen-bond acceptors (Lipinski definition) is 4. The molecule has 1 N–H and O–H groups in total. The number of benzene rings is 3. The summed E-state index contributed by atoms with van der Waals surface area (Å²) in [5.74, 6) is -0.314. The van der Waals surface area contributed by atoms with Gasteiger partial charge in [-0.3, -0.25) is 4.79 Å². The number of hydrazone groups is 1. The zero-order valence-electron chi connectivity index (χ0n) is 16.6. The Labute approximate surface area is 183 Å². The van der Waals surface area contributed by atoms with Gasteiger partial charge in [-0.15, -0.1) is 0 Å². The first-order valence-electron chi connectivity index (χ1n) is 9.25. The Morgan fingerprint density at radius 1 is 1.03 bits per heavy atom. The number of halogens is 3. The average Bonchev–Trinajstić information content (AvgIpc) is 2.75. The van der Waals surface area contributed by atoms with E-state index in [-0.39, 0.29) is 30.6 Å². The van der Waals surface area contributed by atoms with Gasteiger partial charge in [-0.05, 0) is 53.1 Å². The predicted octanol–water partition coefficient (Wildman–Crippen LogP) is 4.90. The molecule has 0 bridgehead atoms. The molecule has 160 valence electrons. The van der Waals surface area contributed by atoms with E-state index >= 15 is 0 Å². The molecular formula is C23H19ClF2N2O3. The van der Waals surface area contributed by atoms with Crippen molar-refractivity contribution in [2.75, 3.05) is 7.11 Å². The summed E-state index contributed by atoms with van der Waals surface area (Å²) in [7, 11) is 1.47. The lowest BCUT2D eigenvalue weighted by Crippen LogP contribution is -2.19. The van der Waals surface area contributed by atoms with E-state index in [2.05, 4.69) is 10.5 Å². The lowest BCUT2D eigenvalue weighted by molar-refractivity contribution is -0.120. The maximum absolute atomic E-state index is 13.0. The maximum atomic E-state index is 13.0. The van der Waals surface area contributed by atoms with E-state index in [1.807, 2.05) is 0 Å². The molecule has 0 fully saturated rings. The molecule has 0 saturated heterocycles. The molecule has 0 aliphatic carbocycles. The first kappa shape index (κ1) is 22.2. The summed E-state index contributed by atoms with van der Waals surface area (Å²) >= 11 is 6.32. The van der Waals surface area contributed by atoms with Gasteiger partial charge in [-0.25, -0.2) is 14.2 Å². The van der Waals surface area contributed by atoms with Gasteiger partial charge in [0.15, 0.2) is 11.5 Å². The maximum Gasteiger partial charge on any atom is 0.244 e. The Morgan fingerprint density at radius 2 is 1.65 bits per heavy atom. The van der Waals surface area contributed by atoms with Gasteiger partial charge in [-0.2, -0.15) is 5.10 Å². The van der Waals surface area contributed by atoms with E-state index in [1.165, 1.54) is 49.7 Å². The molecule has 0 spiro atoms. The highest BCUT2D eigenvalue weighted by Gasteiger charge is 2.12. The van der Waals surface area contributed by atoms with Gasteiger partial charge in [-0.1, -0.05) is 35.9 Å². The summed E-state index contributed by atoms with van der Waals surface area (Å²) in [5, 5.41) is 4.21. The Hall–Kier alpha value is -3.45. The van der Waals surface area contributed by atoms with Gasteiger partial charge in [0.25, 0.3) is 0 Å².